The van der Waals surface area contributed by atoms with Crippen molar-refractivity contribution in [1.82, 2.24) is 0 Å². The summed E-state index contributed by atoms with van der Waals surface area (Å²) in [5, 5.41) is 6.83. The summed E-state index contributed by atoms with van der Waals surface area (Å²) in [4.78, 5) is 2.41. The topological polar surface area (TPSA) is 29.5 Å². The fraction of sp³-hybridized carbons (Fsp3) is 0. The minimum Gasteiger partial charge on any atom is -0.456 e. The first kappa shape index (κ1) is 32.8. The van der Waals surface area contributed by atoms with Gasteiger partial charge < -0.3 is 13.7 Å². The van der Waals surface area contributed by atoms with E-state index in [9.17, 15) is 0 Å². The highest BCUT2D eigenvalue weighted by Gasteiger charge is 2.23. The van der Waals surface area contributed by atoms with Crippen molar-refractivity contribution in [2.24, 2.45) is 0 Å². The minimum atomic E-state index is 0.849. The maximum atomic E-state index is 6.87. The van der Waals surface area contributed by atoms with Gasteiger partial charge in [0.2, 0.25) is 0 Å². The quantitative estimate of drug-likeness (QED) is 0.169. The van der Waals surface area contributed by atoms with E-state index in [-0.39, 0.29) is 0 Å². The number of hydrogen-bond acceptors (Lipinski definition) is 4. The number of anilines is 3. The average molecular weight is 760 g/mol. The smallest absolute Gasteiger partial charge is 0.144 e. The van der Waals surface area contributed by atoms with E-state index in [4.69, 9.17) is 8.83 Å². The first-order valence-corrected chi connectivity index (χ1v) is 20.4. The molecule has 3 heterocycles. The second kappa shape index (κ2) is 13.1. The van der Waals surface area contributed by atoms with E-state index in [0.29, 0.717) is 0 Å². The first-order chi connectivity index (χ1) is 28.8. The number of benzene rings is 9. The standard InChI is InChI=1S/C54H33NO2S/c1-3-14-34(15-4-1)37-18-11-19-39(32-37)55(45-24-12-23-42-41-20-8-10-27-49(41)58-54(42)45)38-30-28-35(29-31-38)40-22-13-26-47-51(40)44-33-48-52(43-21-7-9-25-46(43)56-48)50(53(44)57-47)36-16-5-2-6-17-36/h1-33H. The van der Waals surface area contributed by atoms with E-state index in [2.05, 4.69) is 193 Å². The van der Waals surface area contributed by atoms with Crippen LogP contribution in [0.5, 0.6) is 0 Å². The predicted octanol–water partition coefficient (Wildman–Crippen LogP) is 16.3. The maximum Gasteiger partial charge on any atom is 0.144 e. The van der Waals surface area contributed by atoms with Crippen LogP contribution in [0.1, 0.15) is 0 Å². The third-order valence-corrected chi connectivity index (χ3v) is 12.7. The van der Waals surface area contributed by atoms with Gasteiger partial charge in [-0.05, 0) is 82.4 Å². The number of hydrogen-bond donors (Lipinski definition) is 0. The molecule has 0 aliphatic heterocycles. The van der Waals surface area contributed by atoms with Crippen molar-refractivity contribution in [3.8, 4) is 33.4 Å². The van der Waals surface area contributed by atoms with E-state index in [1.165, 1.54) is 31.3 Å². The zero-order valence-electron chi connectivity index (χ0n) is 31.2. The van der Waals surface area contributed by atoms with Gasteiger partial charge in [-0.15, -0.1) is 11.3 Å². The molecular formula is C54H33NO2S. The third-order valence-electron chi connectivity index (χ3n) is 11.5. The molecule has 0 aliphatic carbocycles. The largest absolute Gasteiger partial charge is 0.456 e. The lowest BCUT2D eigenvalue weighted by atomic mass is 9.94. The fourth-order valence-corrected chi connectivity index (χ4v) is 10.1. The summed E-state index contributed by atoms with van der Waals surface area (Å²) in [6, 6.07) is 71.3. The van der Waals surface area contributed by atoms with Crippen molar-refractivity contribution < 1.29 is 8.83 Å². The molecule has 0 aliphatic rings. The molecule has 4 heteroatoms. The molecular weight excluding hydrogens is 727 g/mol. The van der Waals surface area contributed by atoms with Crippen LogP contribution in [0.2, 0.25) is 0 Å². The molecule has 3 aromatic heterocycles. The Morgan fingerprint density at radius 1 is 0.379 bits per heavy atom. The van der Waals surface area contributed by atoms with E-state index in [0.717, 1.165) is 83.2 Å². The Balaban J connectivity index is 1.05. The van der Waals surface area contributed by atoms with Gasteiger partial charge in [0, 0.05) is 54.0 Å². The molecule has 12 aromatic rings. The molecule has 0 spiro atoms. The lowest BCUT2D eigenvalue weighted by Crippen LogP contribution is -2.10. The molecule has 58 heavy (non-hydrogen) atoms. The van der Waals surface area contributed by atoms with Crippen LogP contribution < -0.4 is 4.90 Å². The summed E-state index contributed by atoms with van der Waals surface area (Å²) < 4.78 is 16.0. The Bertz CT molecular complexity index is 3500. The zero-order chi connectivity index (χ0) is 38.2. The molecule has 272 valence electrons. The van der Waals surface area contributed by atoms with E-state index < -0.39 is 0 Å². The Kier molecular flexibility index (Phi) is 7.40. The molecule has 0 atom stereocenters. The molecule has 0 saturated carbocycles. The van der Waals surface area contributed by atoms with Crippen molar-refractivity contribution in [2.75, 3.05) is 4.90 Å². The van der Waals surface area contributed by atoms with Crippen LogP contribution in [0, 0.1) is 0 Å². The van der Waals surface area contributed by atoms with Gasteiger partial charge in [0.05, 0.1) is 10.4 Å². The first-order valence-electron chi connectivity index (χ1n) is 19.6. The van der Waals surface area contributed by atoms with Crippen LogP contribution in [0.3, 0.4) is 0 Å². The van der Waals surface area contributed by atoms with E-state index in [1.54, 1.807) is 0 Å². The summed E-state index contributed by atoms with van der Waals surface area (Å²) in [6.07, 6.45) is 0. The van der Waals surface area contributed by atoms with Crippen molar-refractivity contribution in [3.63, 3.8) is 0 Å². The molecule has 12 rings (SSSR count). The van der Waals surface area contributed by atoms with Crippen LogP contribution in [0.4, 0.5) is 17.1 Å². The van der Waals surface area contributed by atoms with Gasteiger partial charge >= 0.3 is 0 Å². The fourth-order valence-electron chi connectivity index (χ4n) is 8.87. The number of para-hydroxylation sites is 1. The Morgan fingerprint density at radius 3 is 1.90 bits per heavy atom. The molecule has 0 amide bonds. The number of rotatable bonds is 6. The van der Waals surface area contributed by atoms with Gasteiger partial charge in [0.1, 0.15) is 22.3 Å². The number of fused-ring (bicyclic) bond motifs is 9. The number of nitrogens with zero attached hydrogens (tertiary/aromatic N) is 1. The van der Waals surface area contributed by atoms with Crippen molar-refractivity contribution in [1.29, 1.82) is 0 Å². The zero-order valence-corrected chi connectivity index (χ0v) is 32.0. The Morgan fingerprint density at radius 2 is 1.05 bits per heavy atom. The van der Waals surface area contributed by atoms with Crippen molar-refractivity contribution in [3.05, 3.63) is 200 Å². The van der Waals surface area contributed by atoms with Gasteiger partial charge in [0.25, 0.3) is 0 Å². The SMILES string of the molecule is c1ccc(-c2cccc(N(c3ccc(-c4cccc5oc6c(-c7ccccc7)c7c(cc6c45)oc4ccccc47)cc3)c3cccc4c3sc3ccccc34)c2)cc1. The highest BCUT2D eigenvalue weighted by Crippen LogP contribution is 2.48. The van der Waals surface area contributed by atoms with Gasteiger partial charge in [-0.2, -0.15) is 0 Å². The molecule has 0 bridgehead atoms. The lowest BCUT2D eigenvalue weighted by molar-refractivity contribution is 0.664. The number of furan rings is 2. The normalized spacial score (nSPS) is 11.8. The van der Waals surface area contributed by atoms with Crippen LogP contribution in [-0.2, 0) is 0 Å². The maximum absolute atomic E-state index is 6.87. The second-order valence-electron chi connectivity index (χ2n) is 14.8. The lowest BCUT2D eigenvalue weighted by Gasteiger charge is -2.27. The van der Waals surface area contributed by atoms with Gasteiger partial charge in [0.15, 0.2) is 0 Å². The molecule has 0 N–H and O–H groups in total. The molecule has 9 aromatic carbocycles. The van der Waals surface area contributed by atoms with Crippen LogP contribution >= 0.6 is 11.3 Å². The second-order valence-corrected chi connectivity index (χ2v) is 15.8. The summed E-state index contributed by atoms with van der Waals surface area (Å²) >= 11 is 1.85. The Hall–Kier alpha value is -7.40. The van der Waals surface area contributed by atoms with Crippen LogP contribution in [0.15, 0.2) is 209 Å². The average Bonchev–Trinajstić information content (AvgIpc) is 3.98. The summed E-state index contributed by atoms with van der Waals surface area (Å²) in [6.45, 7) is 0. The van der Waals surface area contributed by atoms with E-state index >= 15 is 0 Å². The summed E-state index contributed by atoms with van der Waals surface area (Å²) in [5.41, 5.74) is 13.5. The third kappa shape index (κ3) is 5.12. The van der Waals surface area contributed by atoms with Crippen molar-refractivity contribution >= 4 is 92.4 Å². The Labute approximate surface area is 338 Å². The molecule has 0 radical (unpaired) electrons. The number of thiophene rings is 1. The van der Waals surface area contributed by atoms with Gasteiger partial charge in [-0.1, -0.05) is 146 Å². The van der Waals surface area contributed by atoms with Crippen LogP contribution in [-0.4, -0.2) is 0 Å². The molecule has 0 unspecified atom stereocenters. The minimum absolute atomic E-state index is 0.849. The van der Waals surface area contributed by atoms with E-state index in [1.807, 2.05) is 23.5 Å². The van der Waals surface area contributed by atoms with Gasteiger partial charge in [-0.3, -0.25) is 0 Å². The monoisotopic (exact) mass is 759 g/mol. The predicted molar refractivity (Wildman–Crippen MR) is 245 cm³/mol. The molecule has 0 saturated heterocycles. The molecule has 0 fully saturated rings. The molecule has 3 nitrogen and oxygen atoms in total. The summed E-state index contributed by atoms with van der Waals surface area (Å²) in [5.74, 6) is 0. The summed E-state index contributed by atoms with van der Waals surface area (Å²) in [7, 11) is 0. The van der Waals surface area contributed by atoms with Crippen molar-refractivity contribution in [2.45, 2.75) is 0 Å². The van der Waals surface area contributed by atoms with Gasteiger partial charge in [-0.25, -0.2) is 0 Å². The highest BCUT2D eigenvalue weighted by atomic mass is 32.1. The highest BCUT2D eigenvalue weighted by molar-refractivity contribution is 7.26. The van der Waals surface area contributed by atoms with Crippen LogP contribution in [0.25, 0.3) is 97.4 Å².